The number of rotatable bonds is 2. The van der Waals surface area contributed by atoms with Gasteiger partial charge in [-0.3, -0.25) is 0 Å². The van der Waals surface area contributed by atoms with Crippen molar-refractivity contribution in [3.8, 4) is 0 Å². The van der Waals surface area contributed by atoms with E-state index in [2.05, 4.69) is 20.9 Å². The first kappa shape index (κ1) is 13.3. The quantitative estimate of drug-likeness (QED) is 0.833. The molecule has 5 nitrogen and oxygen atoms in total. The number of piperidine rings is 1. The molecule has 21 heavy (non-hydrogen) atoms. The third kappa shape index (κ3) is 2.59. The summed E-state index contributed by atoms with van der Waals surface area (Å²) < 4.78 is 5.40. The van der Waals surface area contributed by atoms with Gasteiger partial charge < -0.3 is 14.5 Å². The molecular weight excluding hydrogens is 264 g/mol. The Balaban J connectivity index is 1.45. The van der Waals surface area contributed by atoms with Gasteiger partial charge in [-0.05, 0) is 37.2 Å². The van der Waals surface area contributed by atoms with Gasteiger partial charge in [-0.2, -0.15) is 4.98 Å². The van der Waals surface area contributed by atoms with Crippen molar-refractivity contribution in [1.82, 2.24) is 9.97 Å². The fraction of sp³-hybridized carbons (Fsp3) is 0.750. The van der Waals surface area contributed by atoms with Crippen LogP contribution in [0.2, 0.25) is 0 Å². The third-order valence-electron chi connectivity index (χ3n) is 5.48. The monoisotopic (exact) mass is 288 g/mol. The molecule has 3 fully saturated rings. The fourth-order valence-corrected chi connectivity index (χ4v) is 3.82. The smallest absolute Gasteiger partial charge is 0.227 e. The average molecular weight is 288 g/mol. The highest BCUT2D eigenvalue weighted by molar-refractivity contribution is 5.44. The maximum atomic E-state index is 5.40. The summed E-state index contributed by atoms with van der Waals surface area (Å²) in [5.74, 6) is 1.96. The number of nitrogens with zero attached hydrogens (tertiary/aromatic N) is 4. The molecule has 0 aromatic carbocycles. The first-order valence-corrected chi connectivity index (χ1v) is 8.25. The molecule has 2 saturated heterocycles. The first-order valence-electron chi connectivity index (χ1n) is 8.25. The normalized spacial score (nSPS) is 25.0. The lowest BCUT2D eigenvalue weighted by atomic mass is 9.63. The Kier molecular flexibility index (Phi) is 3.45. The highest BCUT2D eigenvalue weighted by Gasteiger charge is 2.39. The van der Waals surface area contributed by atoms with E-state index < -0.39 is 0 Å². The molecule has 1 aromatic rings. The second kappa shape index (κ2) is 5.44. The van der Waals surface area contributed by atoms with Gasteiger partial charge in [-0.15, -0.1) is 0 Å². The Morgan fingerprint density at radius 3 is 2.38 bits per heavy atom. The summed E-state index contributed by atoms with van der Waals surface area (Å²) in [7, 11) is 0. The molecule has 5 heteroatoms. The second-order valence-corrected chi connectivity index (χ2v) is 6.65. The van der Waals surface area contributed by atoms with Crippen molar-refractivity contribution in [3.63, 3.8) is 0 Å². The van der Waals surface area contributed by atoms with Crippen LogP contribution in [-0.2, 0) is 4.74 Å². The van der Waals surface area contributed by atoms with Crippen LogP contribution < -0.4 is 9.80 Å². The van der Waals surface area contributed by atoms with Crippen molar-refractivity contribution in [2.75, 3.05) is 49.2 Å². The van der Waals surface area contributed by atoms with E-state index >= 15 is 0 Å². The minimum atomic E-state index is 0.691. The van der Waals surface area contributed by atoms with E-state index in [4.69, 9.17) is 9.72 Å². The Morgan fingerprint density at radius 2 is 1.71 bits per heavy atom. The lowest BCUT2D eigenvalue weighted by Gasteiger charge is -2.48. The summed E-state index contributed by atoms with van der Waals surface area (Å²) in [6, 6.07) is 2.06. The van der Waals surface area contributed by atoms with E-state index in [0.29, 0.717) is 5.41 Å². The lowest BCUT2D eigenvalue weighted by Crippen LogP contribution is -2.44. The topological polar surface area (TPSA) is 41.5 Å². The summed E-state index contributed by atoms with van der Waals surface area (Å²) in [4.78, 5) is 13.9. The van der Waals surface area contributed by atoms with Crippen LogP contribution >= 0.6 is 0 Å². The molecule has 0 radical (unpaired) electrons. The number of ether oxygens (including phenoxy) is 1. The number of morpholine rings is 1. The van der Waals surface area contributed by atoms with Gasteiger partial charge in [0.15, 0.2) is 0 Å². The minimum absolute atomic E-state index is 0.691. The van der Waals surface area contributed by atoms with Crippen LogP contribution in [0, 0.1) is 5.41 Å². The molecule has 0 unspecified atom stereocenters. The van der Waals surface area contributed by atoms with E-state index in [1.807, 2.05) is 6.20 Å². The zero-order valence-corrected chi connectivity index (χ0v) is 12.6. The van der Waals surface area contributed by atoms with Crippen LogP contribution in [-0.4, -0.2) is 49.4 Å². The number of anilines is 2. The van der Waals surface area contributed by atoms with Crippen LogP contribution in [0.1, 0.15) is 32.1 Å². The van der Waals surface area contributed by atoms with Crippen LogP contribution in [0.4, 0.5) is 11.8 Å². The molecule has 3 heterocycles. The Bertz CT molecular complexity index is 487. The summed E-state index contributed by atoms with van der Waals surface area (Å²) in [5, 5.41) is 0. The molecular formula is C16H24N4O. The van der Waals surface area contributed by atoms with Crippen LogP contribution in [0.25, 0.3) is 0 Å². The molecule has 0 atom stereocenters. The Hall–Kier alpha value is -1.36. The van der Waals surface area contributed by atoms with Gasteiger partial charge in [0.1, 0.15) is 5.82 Å². The van der Waals surface area contributed by atoms with Gasteiger partial charge in [-0.1, -0.05) is 6.42 Å². The largest absolute Gasteiger partial charge is 0.378 e. The van der Waals surface area contributed by atoms with E-state index in [-0.39, 0.29) is 0 Å². The molecule has 2 aliphatic heterocycles. The standard InChI is InChI=1S/C16H24N4O/c1-3-16(4-1)5-8-19(9-6-16)14-2-7-17-15(18-14)20-10-12-21-13-11-20/h2,7H,1,3-6,8-13H2. The molecule has 114 valence electrons. The Morgan fingerprint density at radius 1 is 0.952 bits per heavy atom. The minimum Gasteiger partial charge on any atom is -0.378 e. The molecule has 4 rings (SSSR count). The van der Waals surface area contributed by atoms with E-state index in [1.165, 1.54) is 32.1 Å². The van der Waals surface area contributed by atoms with Crippen LogP contribution in [0.15, 0.2) is 12.3 Å². The first-order chi connectivity index (χ1) is 10.3. The lowest BCUT2D eigenvalue weighted by molar-refractivity contribution is 0.0953. The zero-order valence-electron chi connectivity index (χ0n) is 12.6. The van der Waals surface area contributed by atoms with Gasteiger partial charge in [0.25, 0.3) is 0 Å². The van der Waals surface area contributed by atoms with E-state index in [0.717, 1.165) is 51.2 Å². The Labute approximate surface area is 126 Å². The predicted molar refractivity (Wildman–Crippen MR) is 82.8 cm³/mol. The average Bonchev–Trinajstić information content (AvgIpc) is 2.54. The fourth-order valence-electron chi connectivity index (χ4n) is 3.82. The van der Waals surface area contributed by atoms with Gasteiger partial charge in [0.2, 0.25) is 5.95 Å². The highest BCUT2D eigenvalue weighted by atomic mass is 16.5. The SMILES string of the molecule is c1cc(N2CCC3(CCC3)CC2)nc(N2CCOCC2)n1. The van der Waals surface area contributed by atoms with Gasteiger partial charge >= 0.3 is 0 Å². The molecule has 1 aromatic heterocycles. The number of hydrogen-bond acceptors (Lipinski definition) is 5. The predicted octanol–water partition coefficient (Wildman–Crippen LogP) is 2.08. The van der Waals surface area contributed by atoms with Gasteiger partial charge in [-0.25, -0.2) is 4.98 Å². The summed E-state index contributed by atoms with van der Waals surface area (Å²) in [6.45, 7) is 5.65. The van der Waals surface area contributed by atoms with Crippen molar-refractivity contribution in [2.45, 2.75) is 32.1 Å². The summed E-state index contributed by atoms with van der Waals surface area (Å²) in [5.41, 5.74) is 0.691. The molecule has 3 aliphatic rings. The van der Waals surface area contributed by atoms with Crippen molar-refractivity contribution in [2.24, 2.45) is 5.41 Å². The van der Waals surface area contributed by atoms with E-state index in [1.54, 1.807) is 0 Å². The van der Waals surface area contributed by atoms with Crippen molar-refractivity contribution in [1.29, 1.82) is 0 Å². The molecule has 1 spiro atoms. The van der Waals surface area contributed by atoms with E-state index in [9.17, 15) is 0 Å². The summed E-state index contributed by atoms with van der Waals surface area (Å²) in [6.07, 6.45) is 8.91. The number of hydrogen-bond donors (Lipinski definition) is 0. The third-order valence-corrected chi connectivity index (χ3v) is 5.48. The van der Waals surface area contributed by atoms with Crippen molar-refractivity contribution < 1.29 is 4.74 Å². The highest BCUT2D eigenvalue weighted by Crippen LogP contribution is 2.49. The molecule has 0 bridgehead atoms. The van der Waals surface area contributed by atoms with Gasteiger partial charge in [0.05, 0.1) is 13.2 Å². The molecule has 1 saturated carbocycles. The molecule has 0 N–H and O–H groups in total. The maximum Gasteiger partial charge on any atom is 0.227 e. The van der Waals surface area contributed by atoms with Gasteiger partial charge in [0, 0.05) is 32.4 Å². The molecule has 0 amide bonds. The maximum absolute atomic E-state index is 5.40. The molecule has 1 aliphatic carbocycles. The van der Waals surface area contributed by atoms with Crippen molar-refractivity contribution in [3.05, 3.63) is 12.3 Å². The van der Waals surface area contributed by atoms with Crippen molar-refractivity contribution >= 4 is 11.8 Å². The summed E-state index contributed by atoms with van der Waals surface area (Å²) >= 11 is 0. The van der Waals surface area contributed by atoms with Crippen LogP contribution in [0.5, 0.6) is 0 Å². The second-order valence-electron chi connectivity index (χ2n) is 6.65. The number of aromatic nitrogens is 2. The van der Waals surface area contributed by atoms with Crippen LogP contribution in [0.3, 0.4) is 0 Å². The zero-order chi connectivity index (χ0) is 14.1.